The number of hydrogen-bond donors (Lipinski definition) is 1. The first kappa shape index (κ1) is 19.6. The Kier molecular flexibility index (Phi) is 5.46. The van der Waals surface area contributed by atoms with Crippen molar-refractivity contribution in [2.24, 2.45) is 0 Å². The summed E-state index contributed by atoms with van der Waals surface area (Å²) in [6.45, 7) is 5.14. The number of esters is 1. The molecule has 0 aliphatic carbocycles. The second-order valence-electron chi connectivity index (χ2n) is 6.93. The van der Waals surface area contributed by atoms with Crippen LogP contribution in [0.3, 0.4) is 0 Å². The highest BCUT2D eigenvalue weighted by Crippen LogP contribution is 2.15. The Labute approximate surface area is 164 Å². The maximum Gasteiger partial charge on any atom is 0.412 e. The SMILES string of the molecule is CC(C)(C)OC(=O)Nc1cccc(C(=O)OCc2cc(=O)n3ccsc3n2)c1. The Morgan fingerprint density at radius 1 is 1.25 bits per heavy atom. The van der Waals surface area contributed by atoms with Crippen molar-refractivity contribution >= 4 is 34.0 Å². The van der Waals surface area contributed by atoms with Gasteiger partial charge in [-0.1, -0.05) is 6.07 Å². The molecule has 0 saturated carbocycles. The minimum Gasteiger partial charge on any atom is -0.456 e. The molecule has 1 N–H and O–H groups in total. The van der Waals surface area contributed by atoms with Crippen LogP contribution in [0, 0.1) is 0 Å². The van der Waals surface area contributed by atoms with Crippen molar-refractivity contribution in [3.05, 3.63) is 63.5 Å². The van der Waals surface area contributed by atoms with E-state index in [9.17, 15) is 14.4 Å². The van der Waals surface area contributed by atoms with Gasteiger partial charge in [-0.15, -0.1) is 11.3 Å². The summed E-state index contributed by atoms with van der Waals surface area (Å²) in [7, 11) is 0. The summed E-state index contributed by atoms with van der Waals surface area (Å²) in [5.74, 6) is -0.596. The number of nitrogens with zero attached hydrogens (tertiary/aromatic N) is 2. The zero-order valence-corrected chi connectivity index (χ0v) is 16.4. The number of thiazole rings is 1. The number of aromatic nitrogens is 2. The standard InChI is InChI=1S/C19H19N3O5S/c1-19(2,3)27-18(25)21-13-6-4-5-12(9-13)16(24)26-11-14-10-15(23)22-7-8-28-17(22)20-14/h4-10H,11H2,1-3H3,(H,21,25). The molecule has 9 heteroatoms. The molecule has 1 aromatic carbocycles. The summed E-state index contributed by atoms with van der Waals surface area (Å²) in [5, 5.41) is 4.32. The minimum absolute atomic E-state index is 0.133. The molecule has 0 bridgehead atoms. The number of carbonyl (C=O) groups excluding carboxylic acids is 2. The lowest BCUT2D eigenvalue weighted by atomic mass is 10.2. The predicted molar refractivity (Wildman–Crippen MR) is 105 cm³/mol. The van der Waals surface area contributed by atoms with Crippen LogP contribution in [0.15, 0.2) is 46.7 Å². The van der Waals surface area contributed by atoms with E-state index in [0.717, 1.165) is 0 Å². The molecule has 0 spiro atoms. The lowest BCUT2D eigenvalue weighted by Gasteiger charge is -2.19. The number of rotatable bonds is 4. The second kappa shape index (κ2) is 7.81. The molecule has 2 aromatic heterocycles. The van der Waals surface area contributed by atoms with Crippen LogP contribution in [0.25, 0.3) is 4.96 Å². The van der Waals surface area contributed by atoms with Crippen molar-refractivity contribution in [3.8, 4) is 0 Å². The van der Waals surface area contributed by atoms with Crippen LogP contribution in [0.5, 0.6) is 0 Å². The predicted octanol–water partition coefficient (Wildman–Crippen LogP) is 3.46. The van der Waals surface area contributed by atoms with Gasteiger partial charge in [-0.3, -0.25) is 14.5 Å². The van der Waals surface area contributed by atoms with Gasteiger partial charge in [-0.05, 0) is 39.0 Å². The van der Waals surface area contributed by atoms with Crippen LogP contribution in [0.4, 0.5) is 10.5 Å². The molecule has 0 aliphatic heterocycles. The molecule has 2 heterocycles. The number of benzene rings is 1. The van der Waals surface area contributed by atoms with Gasteiger partial charge in [-0.25, -0.2) is 14.6 Å². The molecule has 3 rings (SSSR count). The maximum absolute atomic E-state index is 12.3. The third-order valence-corrected chi connectivity index (χ3v) is 4.21. The van der Waals surface area contributed by atoms with E-state index >= 15 is 0 Å². The summed E-state index contributed by atoms with van der Waals surface area (Å²) in [5.41, 5.74) is 0.156. The van der Waals surface area contributed by atoms with Crippen molar-refractivity contribution < 1.29 is 19.1 Å². The normalized spacial score (nSPS) is 11.2. The van der Waals surface area contributed by atoms with Crippen LogP contribution >= 0.6 is 11.3 Å². The minimum atomic E-state index is -0.629. The quantitative estimate of drug-likeness (QED) is 0.672. The zero-order chi connectivity index (χ0) is 20.3. The number of amides is 1. The molecule has 3 aromatic rings. The Morgan fingerprint density at radius 2 is 2.04 bits per heavy atom. The molecule has 28 heavy (non-hydrogen) atoms. The molecule has 146 valence electrons. The molecule has 0 unspecified atom stereocenters. The fourth-order valence-electron chi connectivity index (χ4n) is 2.33. The van der Waals surface area contributed by atoms with E-state index in [4.69, 9.17) is 9.47 Å². The number of nitrogens with one attached hydrogen (secondary N) is 1. The largest absolute Gasteiger partial charge is 0.456 e. The third kappa shape index (κ3) is 4.95. The number of hydrogen-bond acceptors (Lipinski definition) is 7. The second-order valence-corrected chi connectivity index (χ2v) is 7.80. The summed E-state index contributed by atoms with van der Waals surface area (Å²) in [6.07, 6.45) is 1.01. The van der Waals surface area contributed by atoms with E-state index in [1.165, 1.54) is 27.9 Å². The van der Waals surface area contributed by atoms with Crippen LogP contribution in [-0.2, 0) is 16.1 Å². The zero-order valence-electron chi connectivity index (χ0n) is 15.6. The summed E-state index contributed by atoms with van der Waals surface area (Å²) < 4.78 is 11.8. The number of anilines is 1. The number of fused-ring (bicyclic) bond motifs is 1. The van der Waals surface area contributed by atoms with Gasteiger partial charge in [0.15, 0.2) is 4.96 Å². The Bertz CT molecular complexity index is 1080. The van der Waals surface area contributed by atoms with E-state index in [-0.39, 0.29) is 17.7 Å². The number of ether oxygens (including phenoxy) is 2. The van der Waals surface area contributed by atoms with Gasteiger partial charge in [0.25, 0.3) is 5.56 Å². The average Bonchev–Trinajstić information content (AvgIpc) is 3.07. The molecule has 0 fully saturated rings. The van der Waals surface area contributed by atoms with E-state index in [0.29, 0.717) is 16.3 Å². The average molecular weight is 401 g/mol. The first-order valence-electron chi connectivity index (χ1n) is 8.44. The molecule has 8 nitrogen and oxygen atoms in total. The Balaban J connectivity index is 1.65. The lowest BCUT2D eigenvalue weighted by molar-refractivity contribution is 0.0467. The molecular weight excluding hydrogens is 382 g/mol. The van der Waals surface area contributed by atoms with Gasteiger partial charge in [-0.2, -0.15) is 0 Å². The molecular formula is C19H19N3O5S. The molecule has 0 aliphatic rings. The summed E-state index contributed by atoms with van der Waals surface area (Å²) in [6, 6.07) is 7.62. The van der Waals surface area contributed by atoms with Crippen LogP contribution in [0.2, 0.25) is 0 Å². The summed E-state index contributed by atoms with van der Waals surface area (Å²) >= 11 is 1.32. The van der Waals surface area contributed by atoms with Crippen molar-refractivity contribution in [3.63, 3.8) is 0 Å². The smallest absolute Gasteiger partial charge is 0.412 e. The topological polar surface area (TPSA) is 99.0 Å². The Hall–Kier alpha value is -3.20. The monoisotopic (exact) mass is 401 g/mol. The third-order valence-electron chi connectivity index (χ3n) is 3.45. The fraction of sp³-hybridized carbons (Fsp3) is 0.263. The molecule has 0 saturated heterocycles. The Morgan fingerprint density at radius 3 is 2.79 bits per heavy atom. The van der Waals surface area contributed by atoms with Gasteiger partial charge in [0, 0.05) is 23.3 Å². The van der Waals surface area contributed by atoms with Gasteiger partial charge >= 0.3 is 12.1 Å². The summed E-state index contributed by atoms with van der Waals surface area (Å²) in [4.78, 5) is 40.9. The highest BCUT2D eigenvalue weighted by atomic mass is 32.1. The van der Waals surface area contributed by atoms with Crippen LogP contribution in [0.1, 0.15) is 36.8 Å². The van der Waals surface area contributed by atoms with Crippen LogP contribution in [-0.4, -0.2) is 27.0 Å². The maximum atomic E-state index is 12.3. The fourth-order valence-corrected chi connectivity index (χ4v) is 3.07. The molecule has 1 amide bonds. The van der Waals surface area contributed by atoms with Crippen LogP contribution < -0.4 is 10.9 Å². The first-order chi connectivity index (χ1) is 13.2. The highest BCUT2D eigenvalue weighted by Gasteiger charge is 2.17. The van der Waals surface area contributed by atoms with Gasteiger partial charge < -0.3 is 9.47 Å². The number of carbonyl (C=O) groups is 2. The van der Waals surface area contributed by atoms with E-state index in [1.54, 1.807) is 50.5 Å². The first-order valence-corrected chi connectivity index (χ1v) is 9.32. The van der Waals surface area contributed by atoms with Gasteiger partial charge in [0.1, 0.15) is 12.2 Å². The lowest BCUT2D eigenvalue weighted by Crippen LogP contribution is -2.27. The van der Waals surface area contributed by atoms with E-state index in [2.05, 4.69) is 10.3 Å². The molecule has 0 atom stereocenters. The van der Waals surface area contributed by atoms with E-state index < -0.39 is 17.7 Å². The van der Waals surface area contributed by atoms with Crippen molar-refractivity contribution in [2.45, 2.75) is 33.0 Å². The highest BCUT2D eigenvalue weighted by molar-refractivity contribution is 7.15. The molecule has 0 radical (unpaired) electrons. The van der Waals surface area contributed by atoms with Crippen molar-refractivity contribution in [1.82, 2.24) is 9.38 Å². The van der Waals surface area contributed by atoms with Crippen molar-refractivity contribution in [1.29, 1.82) is 0 Å². The van der Waals surface area contributed by atoms with Crippen molar-refractivity contribution in [2.75, 3.05) is 5.32 Å². The van der Waals surface area contributed by atoms with Gasteiger partial charge in [0.2, 0.25) is 0 Å². The van der Waals surface area contributed by atoms with Gasteiger partial charge in [0.05, 0.1) is 11.3 Å². The van der Waals surface area contributed by atoms with E-state index in [1.807, 2.05) is 0 Å².